The summed E-state index contributed by atoms with van der Waals surface area (Å²) in [6.45, 7) is 0. The van der Waals surface area contributed by atoms with Crippen LogP contribution in [0.25, 0.3) is 11.1 Å². The predicted molar refractivity (Wildman–Crippen MR) is 85.9 cm³/mol. The number of methoxy groups -OCH3 is 1. The quantitative estimate of drug-likeness (QED) is 0.515. The molecule has 0 heterocycles. The topological polar surface area (TPSA) is 59.6 Å². The van der Waals surface area contributed by atoms with Crippen LogP contribution in [0.1, 0.15) is 5.56 Å². The number of rotatable bonds is 4. The summed E-state index contributed by atoms with van der Waals surface area (Å²) < 4.78 is 5.16. The Kier molecular flexibility index (Phi) is 4.68. The maximum Gasteiger partial charge on any atom is 0.184 e. The lowest BCUT2D eigenvalue weighted by Gasteiger charge is -2.07. The molecule has 2 rings (SSSR count). The molecule has 0 fully saturated rings. The molecule has 5 heteroatoms. The lowest BCUT2D eigenvalue weighted by Crippen LogP contribution is -2.24. The third-order valence-electron chi connectivity index (χ3n) is 2.74. The van der Waals surface area contributed by atoms with Crippen LogP contribution >= 0.6 is 12.2 Å². The molecule has 0 saturated carbocycles. The van der Waals surface area contributed by atoms with Crippen LogP contribution in [-0.4, -0.2) is 18.4 Å². The zero-order chi connectivity index (χ0) is 14.4. The SMILES string of the molecule is COc1ccc(-c2ccccc2C=NNC(N)=S)cc1. The maximum absolute atomic E-state index is 5.33. The van der Waals surface area contributed by atoms with Crippen LogP contribution in [0.4, 0.5) is 0 Å². The maximum atomic E-state index is 5.33. The van der Waals surface area contributed by atoms with Crippen LogP contribution in [0.15, 0.2) is 53.6 Å². The van der Waals surface area contributed by atoms with E-state index < -0.39 is 0 Å². The molecule has 0 aromatic heterocycles. The standard InChI is InChI=1S/C15H15N3OS/c1-19-13-8-6-11(7-9-13)14-5-3-2-4-12(14)10-17-18-15(16)20/h2-10H,1H3,(H3,16,18,20). The number of hydrogen-bond acceptors (Lipinski definition) is 3. The van der Waals surface area contributed by atoms with Gasteiger partial charge in [-0.1, -0.05) is 36.4 Å². The van der Waals surface area contributed by atoms with E-state index in [1.807, 2.05) is 48.5 Å². The van der Waals surface area contributed by atoms with Gasteiger partial charge in [-0.25, -0.2) is 0 Å². The molecule has 2 aromatic carbocycles. The van der Waals surface area contributed by atoms with Gasteiger partial charge < -0.3 is 10.5 Å². The van der Waals surface area contributed by atoms with Gasteiger partial charge in [0.25, 0.3) is 0 Å². The van der Waals surface area contributed by atoms with Crippen molar-refractivity contribution in [2.24, 2.45) is 10.8 Å². The molecular weight excluding hydrogens is 270 g/mol. The average molecular weight is 285 g/mol. The van der Waals surface area contributed by atoms with Crippen LogP contribution in [-0.2, 0) is 0 Å². The zero-order valence-electron chi connectivity index (χ0n) is 11.0. The van der Waals surface area contributed by atoms with Crippen molar-refractivity contribution in [1.29, 1.82) is 0 Å². The minimum atomic E-state index is 0.142. The summed E-state index contributed by atoms with van der Waals surface area (Å²) >= 11 is 4.70. The first kappa shape index (κ1) is 14.0. The molecule has 2 aromatic rings. The molecule has 0 amide bonds. The van der Waals surface area contributed by atoms with Gasteiger partial charge in [0, 0.05) is 5.56 Å². The fourth-order valence-corrected chi connectivity index (χ4v) is 1.86. The number of thiocarbonyl (C=S) groups is 1. The van der Waals surface area contributed by atoms with Crippen molar-refractivity contribution in [3.05, 3.63) is 54.1 Å². The second-order valence-electron chi connectivity index (χ2n) is 4.05. The fourth-order valence-electron chi connectivity index (χ4n) is 1.81. The smallest absolute Gasteiger partial charge is 0.184 e. The summed E-state index contributed by atoms with van der Waals surface area (Å²) in [5.74, 6) is 0.829. The highest BCUT2D eigenvalue weighted by Gasteiger charge is 2.03. The summed E-state index contributed by atoms with van der Waals surface area (Å²) in [5.41, 5.74) is 11.0. The van der Waals surface area contributed by atoms with E-state index in [0.29, 0.717) is 0 Å². The van der Waals surface area contributed by atoms with E-state index in [1.54, 1.807) is 13.3 Å². The molecular formula is C15H15N3OS. The Bertz CT molecular complexity index is 623. The van der Waals surface area contributed by atoms with Crippen molar-refractivity contribution in [2.45, 2.75) is 0 Å². The van der Waals surface area contributed by atoms with Crippen LogP contribution in [0, 0.1) is 0 Å². The monoisotopic (exact) mass is 285 g/mol. The molecule has 102 valence electrons. The second kappa shape index (κ2) is 6.68. The number of nitrogens with one attached hydrogen (secondary N) is 1. The molecule has 4 nitrogen and oxygen atoms in total. The van der Waals surface area contributed by atoms with E-state index in [9.17, 15) is 0 Å². The zero-order valence-corrected chi connectivity index (χ0v) is 11.9. The molecule has 0 bridgehead atoms. The van der Waals surface area contributed by atoms with E-state index in [2.05, 4.69) is 10.5 Å². The Hall–Kier alpha value is -2.40. The van der Waals surface area contributed by atoms with Gasteiger partial charge in [0.1, 0.15) is 5.75 Å². The first-order valence-electron chi connectivity index (χ1n) is 6.02. The van der Waals surface area contributed by atoms with Crippen molar-refractivity contribution in [1.82, 2.24) is 5.43 Å². The lowest BCUT2D eigenvalue weighted by molar-refractivity contribution is 0.415. The molecule has 0 aliphatic carbocycles. The molecule has 20 heavy (non-hydrogen) atoms. The Balaban J connectivity index is 2.31. The number of nitrogens with zero attached hydrogens (tertiary/aromatic N) is 1. The Morgan fingerprint density at radius 1 is 1.20 bits per heavy atom. The van der Waals surface area contributed by atoms with Crippen LogP contribution in [0.3, 0.4) is 0 Å². The van der Waals surface area contributed by atoms with Gasteiger partial charge in [-0.05, 0) is 35.5 Å². The number of hydrazone groups is 1. The number of ether oxygens (including phenoxy) is 1. The van der Waals surface area contributed by atoms with Gasteiger partial charge >= 0.3 is 0 Å². The van der Waals surface area contributed by atoms with Gasteiger partial charge in [-0.2, -0.15) is 5.10 Å². The van der Waals surface area contributed by atoms with Gasteiger partial charge in [-0.3, -0.25) is 5.43 Å². The molecule has 0 atom stereocenters. The Morgan fingerprint density at radius 3 is 2.55 bits per heavy atom. The number of hydrogen-bond donors (Lipinski definition) is 2. The van der Waals surface area contributed by atoms with E-state index in [4.69, 9.17) is 22.7 Å². The lowest BCUT2D eigenvalue weighted by atomic mass is 10.0. The molecule has 0 aliphatic rings. The van der Waals surface area contributed by atoms with Crippen LogP contribution < -0.4 is 15.9 Å². The van der Waals surface area contributed by atoms with E-state index in [-0.39, 0.29) is 5.11 Å². The van der Waals surface area contributed by atoms with Crippen LogP contribution in [0.2, 0.25) is 0 Å². The normalized spacial score (nSPS) is 10.4. The summed E-state index contributed by atoms with van der Waals surface area (Å²) in [4.78, 5) is 0. The summed E-state index contributed by atoms with van der Waals surface area (Å²) in [6.07, 6.45) is 1.69. The van der Waals surface area contributed by atoms with Crippen LogP contribution in [0.5, 0.6) is 5.75 Å². The van der Waals surface area contributed by atoms with Crippen molar-refractivity contribution in [3.63, 3.8) is 0 Å². The van der Waals surface area contributed by atoms with Crippen molar-refractivity contribution >= 4 is 23.5 Å². The molecule has 0 unspecified atom stereocenters. The summed E-state index contributed by atoms with van der Waals surface area (Å²) in [6, 6.07) is 15.8. The van der Waals surface area contributed by atoms with Gasteiger partial charge in [0.15, 0.2) is 5.11 Å². The highest BCUT2D eigenvalue weighted by molar-refractivity contribution is 7.80. The fraction of sp³-hybridized carbons (Fsp3) is 0.0667. The summed E-state index contributed by atoms with van der Waals surface area (Å²) in [5, 5.41) is 4.14. The van der Waals surface area contributed by atoms with E-state index >= 15 is 0 Å². The highest BCUT2D eigenvalue weighted by atomic mass is 32.1. The van der Waals surface area contributed by atoms with Crippen molar-refractivity contribution in [2.75, 3.05) is 7.11 Å². The average Bonchev–Trinajstić information content (AvgIpc) is 2.47. The van der Waals surface area contributed by atoms with Gasteiger partial charge in [0.2, 0.25) is 0 Å². The third kappa shape index (κ3) is 3.55. The first-order chi connectivity index (χ1) is 9.70. The highest BCUT2D eigenvalue weighted by Crippen LogP contribution is 2.24. The number of benzene rings is 2. The molecule has 3 N–H and O–H groups in total. The Labute approximate surface area is 123 Å². The largest absolute Gasteiger partial charge is 0.497 e. The Morgan fingerprint density at radius 2 is 1.90 bits per heavy atom. The van der Waals surface area contributed by atoms with Crippen molar-refractivity contribution in [3.8, 4) is 16.9 Å². The third-order valence-corrected chi connectivity index (χ3v) is 2.83. The second-order valence-corrected chi connectivity index (χ2v) is 4.49. The number of nitrogens with two attached hydrogens (primary N) is 1. The molecule has 0 aliphatic heterocycles. The first-order valence-corrected chi connectivity index (χ1v) is 6.43. The summed E-state index contributed by atoms with van der Waals surface area (Å²) in [7, 11) is 1.65. The molecule has 0 saturated heterocycles. The van der Waals surface area contributed by atoms with Crippen molar-refractivity contribution < 1.29 is 4.74 Å². The minimum absolute atomic E-state index is 0.142. The molecule has 0 radical (unpaired) electrons. The van der Waals surface area contributed by atoms with Gasteiger partial charge in [-0.15, -0.1) is 0 Å². The predicted octanol–water partition coefficient (Wildman–Crippen LogP) is 2.53. The van der Waals surface area contributed by atoms with E-state index in [1.165, 1.54) is 0 Å². The minimum Gasteiger partial charge on any atom is -0.497 e. The van der Waals surface area contributed by atoms with Gasteiger partial charge in [0.05, 0.1) is 13.3 Å². The molecule has 0 spiro atoms. The van der Waals surface area contributed by atoms with E-state index in [0.717, 1.165) is 22.4 Å².